The summed E-state index contributed by atoms with van der Waals surface area (Å²) in [5.41, 5.74) is 2.46. The van der Waals surface area contributed by atoms with Crippen molar-refractivity contribution in [1.29, 1.82) is 0 Å². The van der Waals surface area contributed by atoms with Crippen molar-refractivity contribution in [2.75, 3.05) is 31.1 Å². The van der Waals surface area contributed by atoms with Gasteiger partial charge in [-0.25, -0.2) is 23.1 Å². The van der Waals surface area contributed by atoms with E-state index in [1.54, 1.807) is 27.3 Å². The minimum atomic E-state index is -3.53. The predicted octanol–water partition coefficient (Wildman–Crippen LogP) is 3.85. The predicted molar refractivity (Wildman–Crippen MR) is 133 cm³/mol. The number of anilines is 1. The number of sulfonamides is 1. The Labute approximate surface area is 203 Å². The number of fused-ring (bicyclic) bond motifs is 1. The van der Waals surface area contributed by atoms with Gasteiger partial charge >= 0.3 is 0 Å². The van der Waals surface area contributed by atoms with Gasteiger partial charge in [0.1, 0.15) is 11.6 Å². The maximum absolute atomic E-state index is 13.1. The minimum absolute atomic E-state index is 0.324. The molecule has 1 aliphatic heterocycles. The van der Waals surface area contributed by atoms with E-state index in [0.717, 1.165) is 22.5 Å². The fraction of sp³-hybridized carbons (Fsp3) is 0.292. The van der Waals surface area contributed by atoms with Crippen LogP contribution in [-0.2, 0) is 16.4 Å². The number of para-hydroxylation sites is 1. The molecule has 4 aromatic rings. The molecule has 0 atom stereocenters. The molecule has 8 nitrogen and oxygen atoms in total. The number of hydrogen-bond donors (Lipinski definition) is 0. The normalized spacial score (nSPS) is 15.2. The van der Waals surface area contributed by atoms with Gasteiger partial charge in [-0.05, 0) is 31.2 Å². The van der Waals surface area contributed by atoms with E-state index >= 15 is 0 Å². The molecule has 0 aliphatic carbocycles. The van der Waals surface area contributed by atoms with Gasteiger partial charge in [-0.2, -0.15) is 9.40 Å². The van der Waals surface area contributed by atoms with Crippen LogP contribution < -0.4 is 4.90 Å². The van der Waals surface area contributed by atoms with Gasteiger partial charge in [-0.3, -0.25) is 0 Å². The smallest absolute Gasteiger partial charge is 0.243 e. The topological polar surface area (TPSA) is 84.2 Å². The second-order valence-electron chi connectivity index (χ2n) is 8.27. The van der Waals surface area contributed by atoms with Gasteiger partial charge < -0.3 is 4.90 Å². The number of rotatable bonds is 5. The Morgan fingerprint density at radius 2 is 1.68 bits per heavy atom. The Hall–Kier alpha value is -3.01. The molecule has 0 unspecified atom stereocenters. The first-order valence-corrected chi connectivity index (χ1v) is 13.0. The Balaban J connectivity index is 1.45. The Kier molecular flexibility index (Phi) is 6.01. The molecule has 5 rings (SSSR count). The molecule has 176 valence electrons. The van der Waals surface area contributed by atoms with Gasteiger partial charge in [0.25, 0.3) is 0 Å². The second kappa shape index (κ2) is 8.98. The molecule has 3 heterocycles. The summed E-state index contributed by atoms with van der Waals surface area (Å²) in [5, 5.41) is 5.95. The summed E-state index contributed by atoms with van der Waals surface area (Å²) in [6.07, 6.45) is 2.42. The van der Waals surface area contributed by atoms with Crippen LogP contribution in [0, 0.1) is 6.92 Å². The third kappa shape index (κ3) is 4.04. The van der Waals surface area contributed by atoms with E-state index in [0.29, 0.717) is 54.0 Å². The molecule has 0 bridgehead atoms. The lowest BCUT2D eigenvalue weighted by Gasteiger charge is -2.35. The number of hydrogen-bond acceptors (Lipinski definition) is 6. The lowest BCUT2D eigenvalue weighted by molar-refractivity contribution is 0.384. The van der Waals surface area contributed by atoms with Crippen molar-refractivity contribution in [2.24, 2.45) is 0 Å². The molecule has 1 aliphatic rings. The van der Waals surface area contributed by atoms with E-state index in [4.69, 9.17) is 21.6 Å². The van der Waals surface area contributed by atoms with Gasteiger partial charge in [-0.15, -0.1) is 0 Å². The molecule has 34 heavy (non-hydrogen) atoms. The first-order valence-electron chi connectivity index (χ1n) is 11.2. The highest BCUT2D eigenvalue weighted by molar-refractivity contribution is 7.89. The minimum Gasteiger partial charge on any atom is -0.353 e. The highest BCUT2D eigenvalue weighted by Gasteiger charge is 2.30. The fourth-order valence-corrected chi connectivity index (χ4v) is 5.77. The number of nitrogens with zero attached hydrogens (tertiary/aromatic N) is 6. The van der Waals surface area contributed by atoms with Gasteiger partial charge in [0, 0.05) is 32.6 Å². The standard InChI is InChI=1S/C24H25ClN6O2S/c1-3-22-27-23(19-16-26-31(24(19)28-22)21-7-5-4-6-20(21)25)29-12-14-30(15-13-29)34(32,33)18-10-8-17(2)9-11-18/h4-11,16H,3,12-15H2,1-2H3. The average Bonchev–Trinajstić information content (AvgIpc) is 3.28. The SMILES string of the molecule is CCc1nc(N2CCN(S(=O)(=O)c3ccc(C)cc3)CC2)c2cnn(-c3ccccc3Cl)c2n1. The maximum Gasteiger partial charge on any atom is 0.243 e. The Morgan fingerprint density at radius 3 is 2.35 bits per heavy atom. The molecule has 0 amide bonds. The first-order chi connectivity index (χ1) is 16.4. The van der Waals surface area contributed by atoms with Crippen LogP contribution in [0.2, 0.25) is 5.02 Å². The third-order valence-corrected chi connectivity index (χ3v) is 8.28. The van der Waals surface area contributed by atoms with Crippen LogP contribution in [0.1, 0.15) is 18.3 Å². The van der Waals surface area contributed by atoms with Gasteiger partial charge in [-0.1, -0.05) is 48.4 Å². The van der Waals surface area contributed by atoms with Crippen LogP contribution in [0.4, 0.5) is 5.82 Å². The van der Waals surface area contributed by atoms with Crippen molar-refractivity contribution in [3.05, 3.63) is 71.1 Å². The van der Waals surface area contributed by atoms with Crippen molar-refractivity contribution in [3.63, 3.8) is 0 Å². The number of piperazine rings is 1. The molecular weight excluding hydrogens is 472 g/mol. The van der Waals surface area contributed by atoms with Crippen LogP contribution in [0.25, 0.3) is 16.7 Å². The van der Waals surface area contributed by atoms with Crippen molar-refractivity contribution in [1.82, 2.24) is 24.1 Å². The molecule has 10 heteroatoms. The van der Waals surface area contributed by atoms with E-state index in [-0.39, 0.29) is 0 Å². The maximum atomic E-state index is 13.1. The van der Waals surface area contributed by atoms with Crippen molar-refractivity contribution in [3.8, 4) is 5.69 Å². The number of aryl methyl sites for hydroxylation is 2. The summed E-state index contributed by atoms with van der Waals surface area (Å²) in [7, 11) is -3.53. The van der Waals surface area contributed by atoms with Crippen molar-refractivity contribution in [2.45, 2.75) is 25.2 Å². The van der Waals surface area contributed by atoms with E-state index < -0.39 is 10.0 Å². The van der Waals surface area contributed by atoms with E-state index in [1.165, 1.54) is 0 Å². The summed E-state index contributed by atoms with van der Waals surface area (Å²) in [6, 6.07) is 14.5. The van der Waals surface area contributed by atoms with Crippen LogP contribution in [0.15, 0.2) is 59.6 Å². The second-order valence-corrected chi connectivity index (χ2v) is 10.6. The van der Waals surface area contributed by atoms with E-state index in [2.05, 4.69) is 10.00 Å². The highest BCUT2D eigenvalue weighted by atomic mass is 35.5. The highest BCUT2D eigenvalue weighted by Crippen LogP contribution is 2.29. The van der Waals surface area contributed by atoms with Crippen molar-refractivity contribution < 1.29 is 8.42 Å². The molecular formula is C24H25ClN6O2S. The lowest BCUT2D eigenvalue weighted by Crippen LogP contribution is -2.49. The summed E-state index contributed by atoms with van der Waals surface area (Å²) in [4.78, 5) is 12.0. The number of halogens is 1. The molecule has 2 aromatic heterocycles. The van der Waals surface area contributed by atoms with Gasteiger partial charge in [0.2, 0.25) is 10.0 Å². The molecule has 0 N–H and O–H groups in total. The summed E-state index contributed by atoms with van der Waals surface area (Å²) in [6.45, 7) is 5.75. The van der Waals surface area contributed by atoms with Crippen molar-refractivity contribution >= 4 is 38.5 Å². The first kappa shape index (κ1) is 22.8. The van der Waals surface area contributed by atoms with Crippen LogP contribution >= 0.6 is 11.6 Å². The van der Waals surface area contributed by atoms with Crippen LogP contribution in [-0.4, -0.2) is 58.7 Å². The fourth-order valence-electron chi connectivity index (χ4n) is 4.14. The van der Waals surface area contributed by atoms with Crippen LogP contribution in [0.3, 0.4) is 0 Å². The van der Waals surface area contributed by atoms with Crippen LogP contribution in [0.5, 0.6) is 0 Å². The van der Waals surface area contributed by atoms with Gasteiger partial charge in [0.15, 0.2) is 5.65 Å². The monoisotopic (exact) mass is 496 g/mol. The number of benzene rings is 2. The Morgan fingerprint density at radius 1 is 0.971 bits per heavy atom. The molecule has 1 fully saturated rings. The summed E-state index contributed by atoms with van der Waals surface area (Å²) < 4.78 is 29.5. The summed E-state index contributed by atoms with van der Waals surface area (Å²) in [5.74, 6) is 1.47. The zero-order valence-electron chi connectivity index (χ0n) is 19.0. The molecule has 1 saturated heterocycles. The zero-order chi connectivity index (χ0) is 23.9. The molecule has 0 saturated carbocycles. The number of aromatic nitrogens is 4. The largest absolute Gasteiger partial charge is 0.353 e. The molecule has 0 radical (unpaired) electrons. The quantitative estimate of drug-likeness (QED) is 0.417. The molecule has 2 aromatic carbocycles. The zero-order valence-corrected chi connectivity index (χ0v) is 20.6. The average molecular weight is 497 g/mol. The van der Waals surface area contributed by atoms with Gasteiger partial charge in [0.05, 0.1) is 27.2 Å². The molecule has 0 spiro atoms. The third-order valence-electron chi connectivity index (χ3n) is 6.05. The Bertz CT molecular complexity index is 1440. The summed E-state index contributed by atoms with van der Waals surface area (Å²) >= 11 is 6.42. The van der Waals surface area contributed by atoms with E-state index in [1.807, 2.05) is 50.2 Å². The van der Waals surface area contributed by atoms with E-state index in [9.17, 15) is 8.42 Å². The lowest BCUT2D eigenvalue weighted by atomic mass is 10.2.